The maximum Gasteiger partial charge on any atom is 0.0849 e. The van der Waals surface area contributed by atoms with Crippen LogP contribution in [0.4, 0.5) is 11.4 Å². The summed E-state index contributed by atoms with van der Waals surface area (Å²) in [6.45, 7) is 14.2. The number of hydrogen-bond acceptors (Lipinski definition) is 3. The van der Waals surface area contributed by atoms with Crippen LogP contribution in [0.1, 0.15) is 47.5 Å². The van der Waals surface area contributed by atoms with Crippen LogP contribution < -0.4 is 0 Å². The molecule has 3 nitrogen and oxygen atoms in total. The van der Waals surface area contributed by atoms with Crippen LogP contribution in [0.2, 0.25) is 0 Å². The summed E-state index contributed by atoms with van der Waals surface area (Å²) >= 11 is 0. The zero-order valence-corrected chi connectivity index (χ0v) is 17.8. The first-order chi connectivity index (χ1) is 13.9. The topological polar surface area (TPSA) is 37.6 Å². The molecule has 0 saturated heterocycles. The Balaban J connectivity index is 1.97. The first kappa shape index (κ1) is 20.4. The molecule has 1 aromatic heterocycles. The van der Waals surface area contributed by atoms with E-state index in [1.165, 1.54) is 16.7 Å². The molecule has 0 atom stereocenters. The fourth-order valence-electron chi connectivity index (χ4n) is 3.41. The van der Waals surface area contributed by atoms with Gasteiger partial charge in [0.05, 0.1) is 34.2 Å². The van der Waals surface area contributed by atoms with Gasteiger partial charge in [-0.05, 0) is 69.5 Å². The van der Waals surface area contributed by atoms with Crippen LogP contribution >= 0.6 is 0 Å². The quantitative estimate of drug-likeness (QED) is 0.441. The van der Waals surface area contributed by atoms with Crippen LogP contribution in [-0.4, -0.2) is 16.4 Å². The largest absolute Gasteiger partial charge is 0.251 e. The van der Waals surface area contributed by atoms with Crippen molar-refractivity contribution in [1.29, 1.82) is 0 Å². The summed E-state index contributed by atoms with van der Waals surface area (Å²) in [6.07, 6.45) is 1.82. The van der Waals surface area contributed by atoms with Crippen molar-refractivity contribution in [2.24, 2.45) is 9.98 Å². The number of aliphatic imine (C=N–C) groups is 2. The summed E-state index contributed by atoms with van der Waals surface area (Å²) in [6, 6.07) is 18.3. The van der Waals surface area contributed by atoms with E-state index in [0.717, 1.165) is 39.7 Å². The van der Waals surface area contributed by atoms with E-state index in [1.54, 1.807) is 0 Å². The summed E-state index contributed by atoms with van der Waals surface area (Å²) < 4.78 is 0. The van der Waals surface area contributed by atoms with Gasteiger partial charge in [-0.2, -0.15) is 0 Å². The van der Waals surface area contributed by atoms with Crippen molar-refractivity contribution in [3.05, 3.63) is 94.8 Å². The molecule has 0 fully saturated rings. The maximum atomic E-state index is 4.88. The number of hydrogen-bond donors (Lipinski definition) is 0. The molecule has 3 rings (SSSR count). The second-order valence-corrected chi connectivity index (χ2v) is 7.31. The Labute approximate surface area is 173 Å². The molecule has 3 aromatic rings. The van der Waals surface area contributed by atoms with E-state index in [4.69, 9.17) is 15.0 Å². The standard InChI is InChI=1S/C26H27N3/c1-7-22-11-8-9-12-25(22)27-20(5)23-13-10-14-24(29-23)21(6)28-26-18(3)15-17(2)16-19(26)4/h7-16H,1H2,2-6H3. The number of rotatable bonds is 5. The fourth-order valence-corrected chi connectivity index (χ4v) is 3.41. The summed E-state index contributed by atoms with van der Waals surface area (Å²) in [5, 5.41) is 0. The molecule has 1 heterocycles. The third-order valence-electron chi connectivity index (χ3n) is 4.85. The van der Waals surface area contributed by atoms with E-state index in [1.807, 2.05) is 62.4 Å². The third-order valence-corrected chi connectivity index (χ3v) is 4.85. The van der Waals surface area contributed by atoms with Gasteiger partial charge in [0.1, 0.15) is 0 Å². The molecule has 3 heteroatoms. The average Bonchev–Trinajstić information content (AvgIpc) is 2.71. The van der Waals surface area contributed by atoms with E-state index in [2.05, 4.69) is 39.5 Å². The molecule has 2 aromatic carbocycles. The van der Waals surface area contributed by atoms with Gasteiger partial charge in [-0.25, -0.2) is 4.98 Å². The monoisotopic (exact) mass is 381 g/mol. The van der Waals surface area contributed by atoms with Crippen LogP contribution in [0.25, 0.3) is 6.08 Å². The van der Waals surface area contributed by atoms with Crippen molar-refractivity contribution >= 4 is 28.9 Å². The highest BCUT2D eigenvalue weighted by Gasteiger charge is 2.08. The smallest absolute Gasteiger partial charge is 0.0849 e. The molecule has 0 aliphatic carbocycles. The summed E-state index contributed by atoms with van der Waals surface area (Å²) in [5.74, 6) is 0. The zero-order valence-electron chi connectivity index (χ0n) is 17.8. The second-order valence-electron chi connectivity index (χ2n) is 7.31. The van der Waals surface area contributed by atoms with Gasteiger partial charge in [-0.1, -0.05) is 54.6 Å². The molecule has 29 heavy (non-hydrogen) atoms. The molecule has 0 spiro atoms. The lowest BCUT2D eigenvalue weighted by molar-refractivity contribution is 1.23. The minimum absolute atomic E-state index is 0.841. The van der Waals surface area contributed by atoms with Gasteiger partial charge in [-0.3, -0.25) is 9.98 Å². The Bertz CT molecular complexity index is 1100. The Morgan fingerprint density at radius 2 is 1.41 bits per heavy atom. The third kappa shape index (κ3) is 4.75. The van der Waals surface area contributed by atoms with Crippen molar-refractivity contribution < 1.29 is 0 Å². The summed E-state index contributed by atoms with van der Waals surface area (Å²) in [7, 11) is 0. The lowest BCUT2D eigenvalue weighted by Gasteiger charge is -2.09. The SMILES string of the molecule is C=Cc1ccccc1N=C(C)c1cccc(C(C)=Nc2c(C)cc(C)cc2C)n1. The number of benzene rings is 2. The van der Waals surface area contributed by atoms with Gasteiger partial charge in [-0.15, -0.1) is 0 Å². The predicted octanol–water partition coefficient (Wildman–Crippen LogP) is 6.93. The molecular formula is C26H27N3. The Morgan fingerprint density at radius 1 is 0.828 bits per heavy atom. The van der Waals surface area contributed by atoms with Crippen molar-refractivity contribution in [2.45, 2.75) is 34.6 Å². The van der Waals surface area contributed by atoms with Crippen molar-refractivity contribution in [1.82, 2.24) is 4.98 Å². The Kier molecular flexibility index (Phi) is 6.18. The first-order valence-corrected chi connectivity index (χ1v) is 9.76. The Morgan fingerprint density at radius 3 is 2.03 bits per heavy atom. The molecule has 0 N–H and O–H groups in total. The molecule has 0 amide bonds. The van der Waals surface area contributed by atoms with Gasteiger partial charge in [0, 0.05) is 0 Å². The van der Waals surface area contributed by atoms with Crippen LogP contribution in [0.15, 0.2) is 71.2 Å². The average molecular weight is 382 g/mol. The molecule has 146 valence electrons. The minimum atomic E-state index is 0.841. The number of nitrogens with zero attached hydrogens (tertiary/aromatic N) is 3. The van der Waals surface area contributed by atoms with Crippen LogP contribution in [0, 0.1) is 20.8 Å². The van der Waals surface area contributed by atoms with Crippen LogP contribution in [0.5, 0.6) is 0 Å². The minimum Gasteiger partial charge on any atom is -0.251 e. The van der Waals surface area contributed by atoms with E-state index in [0.29, 0.717) is 0 Å². The summed E-state index contributed by atoms with van der Waals surface area (Å²) in [5.41, 5.74) is 9.97. The van der Waals surface area contributed by atoms with E-state index < -0.39 is 0 Å². The number of para-hydroxylation sites is 1. The first-order valence-electron chi connectivity index (χ1n) is 9.76. The van der Waals surface area contributed by atoms with E-state index in [-0.39, 0.29) is 0 Å². The van der Waals surface area contributed by atoms with Gasteiger partial charge < -0.3 is 0 Å². The van der Waals surface area contributed by atoms with Gasteiger partial charge in [0.2, 0.25) is 0 Å². The highest BCUT2D eigenvalue weighted by molar-refractivity contribution is 6.02. The molecule has 0 aliphatic rings. The van der Waals surface area contributed by atoms with Crippen molar-refractivity contribution in [2.75, 3.05) is 0 Å². The summed E-state index contributed by atoms with van der Waals surface area (Å²) in [4.78, 5) is 14.5. The molecule has 0 radical (unpaired) electrons. The molecule has 0 aliphatic heterocycles. The fraction of sp³-hybridized carbons (Fsp3) is 0.192. The maximum absolute atomic E-state index is 4.88. The predicted molar refractivity (Wildman–Crippen MR) is 125 cm³/mol. The van der Waals surface area contributed by atoms with Crippen molar-refractivity contribution in [3.63, 3.8) is 0 Å². The highest BCUT2D eigenvalue weighted by Crippen LogP contribution is 2.26. The van der Waals surface area contributed by atoms with Gasteiger partial charge >= 0.3 is 0 Å². The van der Waals surface area contributed by atoms with Crippen LogP contribution in [-0.2, 0) is 0 Å². The van der Waals surface area contributed by atoms with E-state index >= 15 is 0 Å². The number of aromatic nitrogens is 1. The normalized spacial score (nSPS) is 12.2. The molecular weight excluding hydrogens is 354 g/mol. The van der Waals surface area contributed by atoms with E-state index in [9.17, 15) is 0 Å². The van der Waals surface area contributed by atoms with Gasteiger partial charge in [0.25, 0.3) is 0 Å². The lowest BCUT2D eigenvalue weighted by Crippen LogP contribution is -2.05. The highest BCUT2D eigenvalue weighted by atomic mass is 14.8. The number of aryl methyl sites for hydroxylation is 3. The molecule has 0 saturated carbocycles. The number of pyridine rings is 1. The van der Waals surface area contributed by atoms with Crippen LogP contribution in [0.3, 0.4) is 0 Å². The second kappa shape index (κ2) is 8.78. The zero-order chi connectivity index (χ0) is 21.0. The lowest BCUT2D eigenvalue weighted by atomic mass is 10.1. The Hall–Kier alpha value is -3.33. The van der Waals surface area contributed by atoms with Gasteiger partial charge in [0.15, 0.2) is 0 Å². The molecule has 0 unspecified atom stereocenters. The molecule has 0 bridgehead atoms. The van der Waals surface area contributed by atoms with Crippen molar-refractivity contribution in [3.8, 4) is 0 Å².